The van der Waals surface area contributed by atoms with Crippen LogP contribution in [0.15, 0.2) is 48.5 Å². The van der Waals surface area contributed by atoms with Crippen LogP contribution in [0.3, 0.4) is 0 Å². The highest BCUT2D eigenvalue weighted by Gasteiger charge is 2.25. The number of ether oxygens (including phenoxy) is 1. The first-order chi connectivity index (χ1) is 15.2. The molecule has 2 atom stereocenters. The van der Waals surface area contributed by atoms with Crippen LogP contribution in [0.25, 0.3) is 0 Å². The van der Waals surface area contributed by atoms with Gasteiger partial charge < -0.3 is 9.64 Å². The number of carbonyl (C=O) groups excluding carboxylic acids is 1. The third-order valence-electron chi connectivity index (χ3n) is 6.72. The molecule has 0 N–H and O–H groups in total. The largest absolute Gasteiger partial charge is 0.450 e. The Morgan fingerprint density at radius 1 is 0.968 bits per heavy atom. The molecule has 2 unspecified atom stereocenters. The van der Waals surface area contributed by atoms with Gasteiger partial charge in [0, 0.05) is 19.0 Å². The zero-order valence-corrected chi connectivity index (χ0v) is 19.6. The van der Waals surface area contributed by atoms with E-state index in [-0.39, 0.29) is 6.09 Å². The molecule has 3 rings (SSSR count). The van der Waals surface area contributed by atoms with Gasteiger partial charge in [0.25, 0.3) is 0 Å². The molecule has 1 aliphatic heterocycles. The van der Waals surface area contributed by atoms with E-state index in [2.05, 4.69) is 62.4 Å². The molecule has 168 valence electrons. The van der Waals surface area contributed by atoms with Gasteiger partial charge in [-0.1, -0.05) is 75.2 Å². The van der Waals surface area contributed by atoms with E-state index in [4.69, 9.17) is 4.74 Å². The Bertz CT molecular complexity index is 831. The number of benzene rings is 2. The van der Waals surface area contributed by atoms with Crippen molar-refractivity contribution in [3.8, 4) is 0 Å². The summed E-state index contributed by atoms with van der Waals surface area (Å²) in [6, 6.07) is 17.9. The number of carbonyl (C=O) groups is 1. The van der Waals surface area contributed by atoms with Crippen molar-refractivity contribution in [1.29, 1.82) is 0 Å². The lowest BCUT2D eigenvalue weighted by atomic mass is 9.83. The predicted molar refractivity (Wildman–Crippen MR) is 129 cm³/mol. The highest BCUT2D eigenvalue weighted by atomic mass is 16.6. The molecule has 0 aliphatic carbocycles. The van der Waals surface area contributed by atoms with Crippen LogP contribution in [-0.4, -0.2) is 30.7 Å². The fraction of sp³-hybridized carbons (Fsp3) is 0.536. The second-order valence-corrected chi connectivity index (χ2v) is 8.81. The van der Waals surface area contributed by atoms with E-state index in [9.17, 15) is 4.79 Å². The van der Waals surface area contributed by atoms with Crippen LogP contribution >= 0.6 is 0 Å². The fourth-order valence-electron chi connectivity index (χ4n) is 5.03. The molecular weight excluding hydrogens is 382 g/mol. The second-order valence-electron chi connectivity index (χ2n) is 8.81. The lowest BCUT2D eigenvalue weighted by molar-refractivity contribution is 0.103. The lowest BCUT2D eigenvalue weighted by Gasteiger charge is -2.30. The molecule has 0 aromatic heterocycles. The van der Waals surface area contributed by atoms with Crippen LogP contribution in [0.5, 0.6) is 0 Å². The molecule has 0 saturated heterocycles. The van der Waals surface area contributed by atoms with E-state index in [0.29, 0.717) is 18.4 Å². The Balaban J connectivity index is 2.03. The Hall–Kier alpha value is -2.29. The highest BCUT2D eigenvalue weighted by Crippen LogP contribution is 2.33. The zero-order valence-electron chi connectivity index (χ0n) is 19.6. The number of amides is 1. The topological polar surface area (TPSA) is 29.5 Å². The summed E-state index contributed by atoms with van der Waals surface area (Å²) < 4.78 is 5.44. The highest BCUT2D eigenvalue weighted by molar-refractivity contribution is 5.67. The molecule has 0 saturated carbocycles. The molecule has 3 heteroatoms. The Morgan fingerprint density at radius 3 is 2.23 bits per heavy atom. The SMILES string of the molecule is CCCCC1CN(C(=O)OCC)CCCC(CC)c2ccccc2Cc2ccccc21. The standard InChI is InChI=1S/C28H39NO2/c1-4-7-13-25-21-29(28(30)31-6-3)19-12-16-22(5-2)26-17-10-8-14-23(26)20-24-15-9-11-18-27(24)25/h8-11,14-15,17-18,22,25H,4-7,12-13,16,19-21H2,1-3H3. The van der Waals surface area contributed by atoms with Crippen molar-refractivity contribution in [2.75, 3.05) is 19.7 Å². The summed E-state index contributed by atoms with van der Waals surface area (Å²) in [7, 11) is 0. The number of nitrogens with zero attached hydrogens (tertiary/aromatic N) is 1. The van der Waals surface area contributed by atoms with Gasteiger partial charge >= 0.3 is 6.09 Å². The maximum absolute atomic E-state index is 12.8. The molecule has 2 aromatic carbocycles. The molecule has 1 amide bonds. The Morgan fingerprint density at radius 2 is 1.61 bits per heavy atom. The van der Waals surface area contributed by atoms with E-state index in [0.717, 1.165) is 45.2 Å². The Kier molecular flexibility index (Phi) is 8.99. The van der Waals surface area contributed by atoms with Crippen molar-refractivity contribution in [3.63, 3.8) is 0 Å². The van der Waals surface area contributed by atoms with E-state index in [1.807, 2.05) is 11.8 Å². The second kappa shape index (κ2) is 11.9. The van der Waals surface area contributed by atoms with Crippen LogP contribution in [0.1, 0.15) is 93.4 Å². The van der Waals surface area contributed by atoms with Crippen LogP contribution in [0.2, 0.25) is 0 Å². The average molecular weight is 422 g/mol. The monoisotopic (exact) mass is 421 g/mol. The van der Waals surface area contributed by atoms with Crippen molar-refractivity contribution < 1.29 is 9.53 Å². The number of unbranched alkanes of at least 4 members (excludes halogenated alkanes) is 1. The van der Waals surface area contributed by atoms with Gasteiger partial charge in [0.2, 0.25) is 0 Å². The summed E-state index contributed by atoms with van der Waals surface area (Å²) >= 11 is 0. The van der Waals surface area contributed by atoms with Gasteiger partial charge in [-0.3, -0.25) is 0 Å². The molecule has 1 aliphatic rings. The van der Waals surface area contributed by atoms with Crippen molar-refractivity contribution in [2.24, 2.45) is 0 Å². The molecule has 3 nitrogen and oxygen atoms in total. The summed E-state index contributed by atoms with van der Waals surface area (Å²) in [5.41, 5.74) is 5.73. The maximum atomic E-state index is 12.8. The Labute approximate surface area is 188 Å². The number of fused-ring (bicyclic) bond motifs is 2. The first-order valence-electron chi connectivity index (χ1n) is 12.2. The quantitative estimate of drug-likeness (QED) is 0.507. The van der Waals surface area contributed by atoms with Crippen LogP contribution in [-0.2, 0) is 11.2 Å². The molecule has 0 radical (unpaired) electrons. The number of hydrogen-bond acceptors (Lipinski definition) is 2. The van der Waals surface area contributed by atoms with Crippen LogP contribution < -0.4 is 0 Å². The van der Waals surface area contributed by atoms with Crippen LogP contribution in [0.4, 0.5) is 4.79 Å². The fourth-order valence-corrected chi connectivity index (χ4v) is 5.03. The minimum Gasteiger partial charge on any atom is -0.450 e. The van der Waals surface area contributed by atoms with E-state index < -0.39 is 0 Å². The van der Waals surface area contributed by atoms with Crippen molar-refractivity contribution in [2.45, 2.75) is 77.6 Å². The third-order valence-corrected chi connectivity index (χ3v) is 6.72. The number of hydrogen-bond donors (Lipinski definition) is 0. The molecule has 0 bridgehead atoms. The molecule has 2 aromatic rings. The minimum atomic E-state index is -0.160. The summed E-state index contributed by atoms with van der Waals surface area (Å²) in [4.78, 5) is 14.8. The maximum Gasteiger partial charge on any atom is 0.409 e. The molecule has 1 heterocycles. The normalized spacial score (nSPS) is 19.5. The van der Waals surface area contributed by atoms with Crippen molar-refractivity contribution in [3.05, 3.63) is 70.8 Å². The van der Waals surface area contributed by atoms with Crippen LogP contribution in [0, 0.1) is 0 Å². The summed E-state index contributed by atoms with van der Waals surface area (Å²) in [5.74, 6) is 0.872. The summed E-state index contributed by atoms with van der Waals surface area (Å²) in [5, 5.41) is 0. The summed E-state index contributed by atoms with van der Waals surface area (Å²) in [6.45, 7) is 8.35. The minimum absolute atomic E-state index is 0.160. The molecule has 31 heavy (non-hydrogen) atoms. The number of rotatable bonds is 5. The predicted octanol–water partition coefficient (Wildman–Crippen LogP) is 7.30. The van der Waals surface area contributed by atoms with E-state index in [1.54, 1.807) is 0 Å². The van der Waals surface area contributed by atoms with E-state index >= 15 is 0 Å². The van der Waals surface area contributed by atoms with Gasteiger partial charge in [-0.15, -0.1) is 0 Å². The average Bonchev–Trinajstić information content (AvgIpc) is 2.78. The van der Waals surface area contributed by atoms with Gasteiger partial charge in [-0.25, -0.2) is 4.79 Å². The van der Waals surface area contributed by atoms with Gasteiger partial charge in [0.15, 0.2) is 0 Å². The first-order valence-corrected chi connectivity index (χ1v) is 12.2. The van der Waals surface area contributed by atoms with Gasteiger partial charge in [0.1, 0.15) is 0 Å². The van der Waals surface area contributed by atoms with Crippen molar-refractivity contribution >= 4 is 6.09 Å². The molecule has 0 spiro atoms. The molecule has 0 fully saturated rings. The lowest BCUT2D eigenvalue weighted by Crippen LogP contribution is -2.36. The third kappa shape index (κ3) is 6.12. The summed E-state index contributed by atoms with van der Waals surface area (Å²) in [6.07, 6.45) is 7.47. The van der Waals surface area contributed by atoms with Gasteiger partial charge in [-0.05, 0) is 67.2 Å². The first kappa shape index (κ1) is 23.4. The van der Waals surface area contributed by atoms with Crippen molar-refractivity contribution in [1.82, 2.24) is 4.90 Å². The zero-order chi connectivity index (χ0) is 22.1. The smallest absolute Gasteiger partial charge is 0.409 e. The molecular formula is C28H39NO2. The van der Waals surface area contributed by atoms with E-state index in [1.165, 1.54) is 35.1 Å². The van der Waals surface area contributed by atoms with Gasteiger partial charge in [0.05, 0.1) is 6.61 Å². The van der Waals surface area contributed by atoms with Gasteiger partial charge in [-0.2, -0.15) is 0 Å².